The lowest BCUT2D eigenvalue weighted by molar-refractivity contribution is -0.201. The van der Waals surface area contributed by atoms with Crippen LogP contribution in [-0.4, -0.2) is 77.0 Å². The van der Waals surface area contributed by atoms with Gasteiger partial charge in [0.25, 0.3) is 0 Å². The fourth-order valence-corrected chi connectivity index (χ4v) is 5.36. The van der Waals surface area contributed by atoms with E-state index in [9.17, 15) is 24.0 Å². The van der Waals surface area contributed by atoms with Crippen LogP contribution in [0.15, 0.2) is 0 Å². The van der Waals surface area contributed by atoms with Crippen molar-refractivity contribution in [2.24, 2.45) is 0 Å². The SMILES string of the molecule is CCSC(SCC)[C@@H](OC(C)=O)[C@H](OC(C)=O)[C@H](OC(C)=O)[C@H](COC(C)=O)OC(C)=O. The van der Waals surface area contributed by atoms with Crippen molar-refractivity contribution < 1.29 is 47.7 Å². The molecule has 0 aliphatic rings. The molecule has 32 heavy (non-hydrogen) atoms. The van der Waals surface area contributed by atoms with Crippen molar-refractivity contribution >= 4 is 53.4 Å². The maximum absolute atomic E-state index is 12.0. The molecular weight excluding hydrogens is 464 g/mol. The van der Waals surface area contributed by atoms with Crippen LogP contribution in [0.25, 0.3) is 0 Å². The molecule has 0 saturated carbocycles. The third-order valence-electron chi connectivity index (χ3n) is 3.62. The number of carbonyl (C=O) groups excluding carboxylic acids is 5. The second kappa shape index (κ2) is 15.8. The lowest BCUT2D eigenvalue weighted by Crippen LogP contribution is -2.55. The molecule has 0 aliphatic carbocycles. The molecule has 0 aromatic heterocycles. The molecule has 0 unspecified atom stereocenters. The number of hydrogen-bond acceptors (Lipinski definition) is 12. The highest BCUT2D eigenvalue weighted by Crippen LogP contribution is 2.33. The van der Waals surface area contributed by atoms with Crippen LogP contribution in [0.2, 0.25) is 0 Å². The summed E-state index contributed by atoms with van der Waals surface area (Å²) in [6.45, 7) is 9.09. The van der Waals surface area contributed by atoms with E-state index in [-0.39, 0.29) is 0 Å². The standard InChI is InChI=1S/C20H32O10S2/c1-8-31-20(32-9-2)19(30-15(7)25)18(29-14(6)24)17(28-13(5)23)16(27-12(4)22)10-26-11(3)21/h16-20H,8-10H2,1-7H3/t16-,17+,18+,19-/m0/s1. The molecule has 0 fully saturated rings. The molecule has 0 amide bonds. The first-order valence-corrected chi connectivity index (χ1v) is 12.1. The molecule has 0 rings (SSSR count). The van der Waals surface area contributed by atoms with Crippen LogP contribution < -0.4 is 0 Å². The van der Waals surface area contributed by atoms with Gasteiger partial charge in [-0.05, 0) is 11.5 Å². The summed E-state index contributed by atoms with van der Waals surface area (Å²) in [5, 5.41) is 0. The highest BCUT2D eigenvalue weighted by atomic mass is 32.2. The van der Waals surface area contributed by atoms with Gasteiger partial charge in [-0.2, -0.15) is 0 Å². The number of rotatable bonds is 14. The zero-order chi connectivity index (χ0) is 24.8. The largest absolute Gasteiger partial charge is 0.462 e. The maximum atomic E-state index is 12.0. The molecule has 0 saturated heterocycles. The highest BCUT2D eigenvalue weighted by Gasteiger charge is 2.46. The molecule has 184 valence electrons. The van der Waals surface area contributed by atoms with E-state index in [0.717, 1.165) is 27.7 Å². The second-order valence-electron chi connectivity index (χ2n) is 6.45. The van der Waals surface area contributed by atoms with E-state index in [1.54, 1.807) is 0 Å². The summed E-state index contributed by atoms with van der Waals surface area (Å²) in [6, 6.07) is 0. The minimum absolute atomic E-state index is 0.400. The highest BCUT2D eigenvalue weighted by molar-refractivity contribution is 8.17. The molecule has 12 heteroatoms. The summed E-state index contributed by atoms with van der Waals surface area (Å²) in [5.74, 6) is -2.24. The zero-order valence-electron chi connectivity index (χ0n) is 19.4. The summed E-state index contributed by atoms with van der Waals surface area (Å²) >= 11 is 2.89. The fraction of sp³-hybridized carbons (Fsp3) is 0.750. The third kappa shape index (κ3) is 12.2. The number of thioether (sulfide) groups is 2. The Kier molecular flexibility index (Phi) is 14.8. The summed E-state index contributed by atoms with van der Waals surface area (Å²) < 4.78 is 26.2. The Morgan fingerprint density at radius 1 is 0.594 bits per heavy atom. The van der Waals surface area contributed by atoms with Crippen molar-refractivity contribution in [3.63, 3.8) is 0 Å². The van der Waals surface area contributed by atoms with Crippen molar-refractivity contribution in [3.05, 3.63) is 0 Å². The van der Waals surface area contributed by atoms with E-state index >= 15 is 0 Å². The lowest BCUT2D eigenvalue weighted by atomic mass is 10.0. The van der Waals surface area contributed by atoms with Gasteiger partial charge in [-0.1, -0.05) is 13.8 Å². The molecule has 0 spiro atoms. The Balaban J connectivity index is 6.51. The predicted octanol–water partition coefficient (Wildman–Crippen LogP) is 2.11. The first kappa shape index (κ1) is 30.0. The van der Waals surface area contributed by atoms with Gasteiger partial charge in [0.2, 0.25) is 0 Å². The van der Waals surface area contributed by atoms with E-state index in [4.69, 9.17) is 23.7 Å². The van der Waals surface area contributed by atoms with E-state index in [1.807, 2.05) is 13.8 Å². The number of hydrogen-bond donors (Lipinski definition) is 0. The summed E-state index contributed by atoms with van der Waals surface area (Å²) in [6.07, 6.45) is -5.14. The van der Waals surface area contributed by atoms with Crippen LogP contribution >= 0.6 is 23.5 Å². The van der Waals surface area contributed by atoms with Crippen LogP contribution in [0, 0.1) is 0 Å². The van der Waals surface area contributed by atoms with E-state index in [0.29, 0.717) is 11.5 Å². The van der Waals surface area contributed by atoms with Crippen molar-refractivity contribution in [1.82, 2.24) is 0 Å². The van der Waals surface area contributed by atoms with Crippen LogP contribution in [0.1, 0.15) is 48.5 Å². The van der Waals surface area contributed by atoms with Crippen molar-refractivity contribution in [2.45, 2.75) is 77.5 Å². The summed E-state index contributed by atoms with van der Waals surface area (Å²) in [4.78, 5) is 58.9. The Hall–Kier alpha value is -1.95. The van der Waals surface area contributed by atoms with E-state index in [2.05, 4.69) is 0 Å². The fourth-order valence-electron chi connectivity index (χ4n) is 2.70. The zero-order valence-corrected chi connectivity index (χ0v) is 21.0. The maximum Gasteiger partial charge on any atom is 0.303 e. The van der Waals surface area contributed by atoms with Gasteiger partial charge in [-0.25, -0.2) is 0 Å². The molecule has 0 aliphatic heterocycles. The normalized spacial score (nSPS) is 14.5. The number of carbonyl (C=O) groups is 5. The lowest BCUT2D eigenvalue weighted by Gasteiger charge is -2.37. The molecular formula is C20H32O10S2. The Morgan fingerprint density at radius 2 is 1.00 bits per heavy atom. The van der Waals surface area contributed by atoms with Crippen molar-refractivity contribution in [2.75, 3.05) is 18.1 Å². The van der Waals surface area contributed by atoms with Crippen LogP contribution in [-0.2, 0) is 47.7 Å². The van der Waals surface area contributed by atoms with Gasteiger partial charge in [0, 0.05) is 34.6 Å². The summed E-state index contributed by atoms with van der Waals surface area (Å²) in [5.41, 5.74) is 0. The predicted molar refractivity (Wildman–Crippen MR) is 119 cm³/mol. The van der Waals surface area contributed by atoms with Gasteiger partial charge >= 0.3 is 29.8 Å². The van der Waals surface area contributed by atoms with Crippen LogP contribution in [0.5, 0.6) is 0 Å². The minimum atomic E-state index is -1.42. The first-order chi connectivity index (χ1) is 14.9. The molecule has 0 bridgehead atoms. The average Bonchev–Trinajstić information content (AvgIpc) is 2.65. The van der Waals surface area contributed by atoms with E-state index in [1.165, 1.54) is 30.4 Å². The van der Waals surface area contributed by atoms with Gasteiger partial charge in [0.1, 0.15) is 6.61 Å². The molecule has 0 radical (unpaired) electrons. The number of esters is 5. The topological polar surface area (TPSA) is 132 Å². The monoisotopic (exact) mass is 496 g/mol. The molecule has 0 heterocycles. The van der Waals surface area contributed by atoms with Gasteiger partial charge in [-0.3, -0.25) is 24.0 Å². The minimum Gasteiger partial charge on any atom is -0.462 e. The van der Waals surface area contributed by atoms with Gasteiger partial charge in [0.15, 0.2) is 24.4 Å². The molecule has 4 atom stereocenters. The van der Waals surface area contributed by atoms with E-state index < -0.39 is 65.5 Å². The third-order valence-corrected chi connectivity index (χ3v) is 6.30. The quantitative estimate of drug-likeness (QED) is 0.198. The van der Waals surface area contributed by atoms with Crippen LogP contribution in [0.4, 0.5) is 0 Å². The average molecular weight is 497 g/mol. The molecule has 0 aromatic rings. The molecule has 0 N–H and O–H groups in total. The molecule has 0 aromatic carbocycles. The molecule has 10 nitrogen and oxygen atoms in total. The summed E-state index contributed by atoms with van der Waals surface area (Å²) in [7, 11) is 0. The smallest absolute Gasteiger partial charge is 0.303 e. The second-order valence-corrected chi connectivity index (χ2v) is 9.59. The Bertz CT molecular complexity index is 648. The van der Waals surface area contributed by atoms with Gasteiger partial charge in [-0.15, -0.1) is 23.5 Å². The van der Waals surface area contributed by atoms with Gasteiger partial charge < -0.3 is 23.7 Å². The van der Waals surface area contributed by atoms with Gasteiger partial charge in [0.05, 0.1) is 4.58 Å². The Morgan fingerprint density at radius 3 is 1.38 bits per heavy atom. The van der Waals surface area contributed by atoms with Crippen molar-refractivity contribution in [1.29, 1.82) is 0 Å². The van der Waals surface area contributed by atoms with Crippen LogP contribution in [0.3, 0.4) is 0 Å². The van der Waals surface area contributed by atoms with Crippen molar-refractivity contribution in [3.8, 4) is 0 Å². The Labute approximate surface area is 196 Å². The first-order valence-electron chi connectivity index (χ1n) is 9.98. The number of ether oxygens (including phenoxy) is 5.